The molecule has 1 N–H and O–H groups in total. The summed E-state index contributed by atoms with van der Waals surface area (Å²) in [6, 6.07) is 60.5. The van der Waals surface area contributed by atoms with Gasteiger partial charge in [0.1, 0.15) is 11.7 Å². The quantitative estimate of drug-likeness (QED) is 0.207. The molecule has 0 spiro atoms. The van der Waals surface area contributed by atoms with E-state index >= 15 is 0 Å². The molecule has 0 saturated heterocycles. The first-order chi connectivity index (χ1) is 24.3. The van der Waals surface area contributed by atoms with Gasteiger partial charge in [0.15, 0.2) is 6.17 Å². The topological polar surface area (TPSA) is 41.7 Å². The lowest BCUT2D eigenvalue weighted by Crippen LogP contribution is -2.36. The third-order valence-electron chi connectivity index (χ3n) is 9.78. The molecule has 1 aliphatic rings. The van der Waals surface area contributed by atoms with Crippen LogP contribution in [0.1, 0.15) is 22.9 Å². The lowest BCUT2D eigenvalue weighted by Gasteiger charge is -2.23. The largest absolute Gasteiger partial charge is 0.324 e. The van der Waals surface area contributed by atoms with E-state index in [0.29, 0.717) is 0 Å². The van der Waals surface area contributed by atoms with Crippen molar-refractivity contribution in [2.75, 3.05) is 0 Å². The van der Waals surface area contributed by atoms with Crippen molar-refractivity contribution in [3.05, 3.63) is 187 Å². The van der Waals surface area contributed by atoms with Gasteiger partial charge in [0, 0.05) is 27.6 Å². The number of nitrogens with one attached hydrogen (secondary N) is 1. The Bertz CT molecular complexity index is 2800. The monoisotopic (exact) mass is 626 g/mol. The third kappa shape index (κ3) is 4.61. The molecule has 0 aliphatic carbocycles. The molecule has 4 nitrogen and oxygen atoms in total. The lowest BCUT2D eigenvalue weighted by molar-refractivity contribution is 0.757. The number of rotatable bonds is 4. The van der Waals surface area contributed by atoms with Crippen LogP contribution in [0.25, 0.3) is 59.8 Å². The number of hydrogen-bond acceptors (Lipinski definition) is 3. The minimum absolute atomic E-state index is 0.405. The molecule has 1 atom stereocenters. The van der Waals surface area contributed by atoms with Crippen molar-refractivity contribution < 1.29 is 0 Å². The molecule has 0 radical (unpaired) electrons. The molecule has 0 amide bonds. The van der Waals surface area contributed by atoms with E-state index in [0.717, 1.165) is 44.8 Å². The van der Waals surface area contributed by atoms with Gasteiger partial charge in [0.05, 0.1) is 11.0 Å². The van der Waals surface area contributed by atoms with Gasteiger partial charge in [-0.05, 0) is 74.3 Å². The maximum absolute atomic E-state index is 5.25. The van der Waals surface area contributed by atoms with E-state index < -0.39 is 6.17 Å². The predicted molar refractivity (Wildman–Crippen MR) is 205 cm³/mol. The second-order valence-electron chi connectivity index (χ2n) is 12.7. The van der Waals surface area contributed by atoms with Crippen molar-refractivity contribution in [1.82, 2.24) is 9.88 Å². The number of aliphatic imine (C=N–C) groups is 2. The van der Waals surface area contributed by atoms with Crippen LogP contribution in [0.5, 0.6) is 0 Å². The molecule has 230 valence electrons. The second kappa shape index (κ2) is 11.0. The SMILES string of the molecule is c1ccc(C2=NC(c3ccc4ccc(-n5c6ccccc6c6cc7ccccc7cc65)cc4c3)N=C(c3cccc4ccccc34)N2)cc1. The average Bonchev–Trinajstić information content (AvgIpc) is 3.49. The Morgan fingerprint density at radius 1 is 0.429 bits per heavy atom. The van der Waals surface area contributed by atoms with E-state index in [1.165, 1.54) is 43.4 Å². The molecular weight excluding hydrogens is 597 g/mol. The van der Waals surface area contributed by atoms with E-state index in [-0.39, 0.29) is 0 Å². The summed E-state index contributed by atoms with van der Waals surface area (Å²) in [5.41, 5.74) is 6.67. The van der Waals surface area contributed by atoms with E-state index in [9.17, 15) is 0 Å². The Labute approximate surface area is 283 Å². The average molecular weight is 627 g/mol. The summed E-state index contributed by atoms with van der Waals surface area (Å²) in [5.74, 6) is 1.64. The first kappa shape index (κ1) is 27.6. The summed E-state index contributed by atoms with van der Waals surface area (Å²) in [7, 11) is 0. The maximum Gasteiger partial charge on any atom is 0.169 e. The van der Waals surface area contributed by atoms with Crippen molar-refractivity contribution in [3.63, 3.8) is 0 Å². The molecule has 8 aromatic carbocycles. The number of amidine groups is 2. The van der Waals surface area contributed by atoms with Gasteiger partial charge < -0.3 is 9.88 Å². The lowest BCUT2D eigenvalue weighted by atomic mass is 10.0. The number of aromatic nitrogens is 1. The highest BCUT2D eigenvalue weighted by molar-refractivity contribution is 6.20. The van der Waals surface area contributed by atoms with Crippen LogP contribution in [0.2, 0.25) is 0 Å². The van der Waals surface area contributed by atoms with Gasteiger partial charge in [0.2, 0.25) is 0 Å². The molecule has 4 heteroatoms. The van der Waals surface area contributed by atoms with Crippen LogP contribution in [-0.4, -0.2) is 16.2 Å². The molecule has 9 aromatic rings. The Morgan fingerprint density at radius 2 is 1.12 bits per heavy atom. The van der Waals surface area contributed by atoms with Gasteiger partial charge in [-0.15, -0.1) is 0 Å². The molecule has 49 heavy (non-hydrogen) atoms. The van der Waals surface area contributed by atoms with Crippen molar-refractivity contribution in [1.29, 1.82) is 0 Å². The maximum atomic E-state index is 5.25. The first-order valence-corrected chi connectivity index (χ1v) is 16.7. The van der Waals surface area contributed by atoms with Gasteiger partial charge in [-0.3, -0.25) is 0 Å². The smallest absolute Gasteiger partial charge is 0.169 e. The first-order valence-electron chi connectivity index (χ1n) is 16.7. The zero-order valence-electron chi connectivity index (χ0n) is 26.6. The predicted octanol–water partition coefficient (Wildman–Crippen LogP) is 10.7. The number of fused-ring (bicyclic) bond motifs is 6. The Kier molecular flexibility index (Phi) is 6.21. The Balaban J connectivity index is 1.14. The van der Waals surface area contributed by atoms with Gasteiger partial charge >= 0.3 is 0 Å². The van der Waals surface area contributed by atoms with E-state index in [4.69, 9.17) is 9.98 Å². The number of para-hydroxylation sites is 1. The molecule has 1 aromatic heterocycles. The van der Waals surface area contributed by atoms with Crippen molar-refractivity contribution in [2.45, 2.75) is 6.17 Å². The van der Waals surface area contributed by atoms with Crippen LogP contribution < -0.4 is 5.32 Å². The molecule has 10 rings (SSSR count). The minimum atomic E-state index is -0.405. The van der Waals surface area contributed by atoms with Gasteiger partial charge in [0.25, 0.3) is 0 Å². The number of benzene rings is 8. The molecule has 0 bridgehead atoms. The van der Waals surface area contributed by atoms with Crippen molar-refractivity contribution in [3.8, 4) is 5.69 Å². The van der Waals surface area contributed by atoms with Crippen LogP contribution in [0.3, 0.4) is 0 Å². The molecule has 2 heterocycles. The summed E-state index contributed by atoms with van der Waals surface area (Å²) in [6.45, 7) is 0. The van der Waals surface area contributed by atoms with Crippen LogP contribution in [0, 0.1) is 0 Å². The zero-order valence-corrected chi connectivity index (χ0v) is 26.6. The normalized spacial score (nSPS) is 14.7. The van der Waals surface area contributed by atoms with Gasteiger partial charge in [-0.2, -0.15) is 0 Å². The fourth-order valence-electron chi connectivity index (χ4n) is 7.40. The summed E-state index contributed by atoms with van der Waals surface area (Å²) in [4.78, 5) is 10.4. The van der Waals surface area contributed by atoms with Gasteiger partial charge in [-0.1, -0.05) is 133 Å². The van der Waals surface area contributed by atoms with Crippen molar-refractivity contribution >= 4 is 65.8 Å². The van der Waals surface area contributed by atoms with Crippen LogP contribution in [0.4, 0.5) is 0 Å². The molecular formula is C45H30N4. The Morgan fingerprint density at radius 3 is 2.00 bits per heavy atom. The number of hydrogen-bond donors (Lipinski definition) is 1. The minimum Gasteiger partial charge on any atom is -0.324 e. The van der Waals surface area contributed by atoms with E-state index in [1.807, 2.05) is 18.2 Å². The van der Waals surface area contributed by atoms with Crippen LogP contribution in [0.15, 0.2) is 180 Å². The zero-order chi connectivity index (χ0) is 32.3. The Hall–Kier alpha value is -6.52. The second-order valence-corrected chi connectivity index (χ2v) is 12.7. The number of nitrogens with zero attached hydrogens (tertiary/aromatic N) is 3. The third-order valence-corrected chi connectivity index (χ3v) is 9.78. The fourth-order valence-corrected chi connectivity index (χ4v) is 7.40. The summed E-state index contributed by atoms with van der Waals surface area (Å²) >= 11 is 0. The highest BCUT2D eigenvalue weighted by Crippen LogP contribution is 2.36. The standard InChI is InChI=1S/C45H30N4/c1-2-12-31(13-3-1)43-46-44(48-45(47-43)39-19-10-16-30-11-6-7-17-37(30)39)34-22-21-29-23-24-36(26-35(29)25-34)49-41-20-9-8-18-38(41)40-27-32-14-4-5-15-33(32)28-42(40)49/h1-28,44H,(H,46,47,48). The molecule has 0 saturated carbocycles. The molecule has 1 aliphatic heterocycles. The molecule has 0 fully saturated rings. The van der Waals surface area contributed by atoms with E-state index in [2.05, 4.69) is 162 Å². The summed E-state index contributed by atoms with van der Waals surface area (Å²) in [5, 5.41) is 13.3. The molecule has 1 unspecified atom stereocenters. The summed E-state index contributed by atoms with van der Waals surface area (Å²) < 4.78 is 2.40. The van der Waals surface area contributed by atoms with E-state index in [1.54, 1.807) is 0 Å². The fraction of sp³-hybridized carbons (Fsp3) is 0.0222. The summed E-state index contributed by atoms with van der Waals surface area (Å²) in [6.07, 6.45) is -0.405. The van der Waals surface area contributed by atoms with Crippen LogP contribution >= 0.6 is 0 Å². The highest BCUT2D eigenvalue weighted by Gasteiger charge is 2.22. The van der Waals surface area contributed by atoms with Gasteiger partial charge in [-0.25, -0.2) is 9.98 Å². The highest BCUT2D eigenvalue weighted by atomic mass is 15.2. The van der Waals surface area contributed by atoms with Crippen molar-refractivity contribution in [2.24, 2.45) is 9.98 Å². The van der Waals surface area contributed by atoms with Crippen LogP contribution in [-0.2, 0) is 0 Å².